The zero-order chi connectivity index (χ0) is 20.1. The van der Waals surface area contributed by atoms with Crippen molar-refractivity contribution in [3.05, 3.63) is 132 Å². The number of nitrogens with one attached hydrogen (secondary N) is 1. The molecule has 0 aliphatic rings. The summed E-state index contributed by atoms with van der Waals surface area (Å²) in [7, 11) is -1.55. The van der Waals surface area contributed by atoms with Crippen molar-refractivity contribution in [1.82, 2.24) is 0 Å². The minimum atomic E-state index is -1.55. The summed E-state index contributed by atoms with van der Waals surface area (Å²) in [6, 6.07) is 35.7. The Morgan fingerprint density at radius 1 is 0.621 bits per heavy atom. The summed E-state index contributed by atoms with van der Waals surface area (Å²) in [5.41, 5.74) is 1.33. The van der Waals surface area contributed by atoms with E-state index in [2.05, 4.69) is 4.72 Å². The number of anilines is 1. The quantitative estimate of drug-likeness (QED) is 0.443. The fraction of sp³-hybridized carbons (Fsp3) is 0.0400. The molecule has 1 atom stereocenters. The molecule has 0 heterocycles. The van der Waals surface area contributed by atoms with Crippen LogP contribution in [0.2, 0.25) is 0 Å². The van der Waals surface area contributed by atoms with Crippen molar-refractivity contribution in [1.29, 1.82) is 0 Å². The molecule has 4 aromatic carbocycles. The Hall–Kier alpha value is -3.21. The average Bonchev–Trinajstić information content (AvgIpc) is 2.80. The molecule has 4 heteroatoms. The zero-order valence-electron chi connectivity index (χ0n) is 15.7. The van der Waals surface area contributed by atoms with Crippen molar-refractivity contribution < 1.29 is 9.32 Å². The van der Waals surface area contributed by atoms with Crippen molar-refractivity contribution in [3.8, 4) is 0 Å². The highest BCUT2D eigenvalue weighted by Crippen LogP contribution is 2.39. The van der Waals surface area contributed by atoms with E-state index in [1.54, 1.807) is 6.07 Å². The van der Waals surface area contributed by atoms with E-state index in [1.807, 2.05) is 109 Å². The lowest BCUT2D eigenvalue weighted by Gasteiger charge is -2.31. The molecule has 0 fully saturated rings. The topological polar surface area (TPSA) is 49.3 Å². The molecule has 0 saturated heterocycles. The molecule has 3 nitrogen and oxygen atoms in total. The SMILES string of the molecule is O=S(Nc1ccccc1)c1ccccc1C(O)(c1ccccc1)c1ccccc1. The maximum Gasteiger partial charge on any atom is 0.150 e. The van der Waals surface area contributed by atoms with Gasteiger partial charge in [-0.2, -0.15) is 0 Å². The smallest absolute Gasteiger partial charge is 0.150 e. The molecule has 4 aromatic rings. The fourth-order valence-electron chi connectivity index (χ4n) is 3.43. The molecule has 2 N–H and O–H groups in total. The van der Waals surface area contributed by atoms with E-state index in [9.17, 15) is 9.32 Å². The number of aliphatic hydroxyl groups is 1. The molecule has 0 saturated carbocycles. The highest BCUT2D eigenvalue weighted by Gasteiger charge is 2.36. The third kappa shape index (κ3) is 3.86. The summed E-state index contributed by atoms with van der Waals surface area (Å²) < 4.78 is 16.3. The molecule has 0 aliphatic carbocycles. The van der Waals surface area contributed by atoms with Crippen LogP contribution in [0.1, 0.15) is 16.7 Å². The zero-order valence-corrected chi connectivity index (χ0v) is 16.5. The highest BCUT2D eigenvalue weighted by atomic mass is 32.2. The van der Waals surface area contributed by atoms with Gasteiger partial charge < -0.3 is 9.83 Å². The fourth-order valence-corrected chi connectivity index (χ4v) is 4.51. The molecule has 0 radical (unpaired) electrons. The van der Waals surface area contributed by atoms with Gasteiger partial charge in [0.2, 0.25) is 0 Å². The van der Waals surface area contributed by atoms with Crippen LogP contribution in [0.15, 0.2) is 120 Å². The number of para-hydroxylation sites is 1. The predicted octanol–water partition coefficient (Wildman–Crippen LogP) is 5.11. The molecule has 29 heavy (non-hydrogen) atoms. The Kier molecular flexibility index (Phi) is 5.56. The summed E-state index contributed by atoms with van der Waals surface area (Å²) in [4.78, 5) is 0.534. The van der Waals surface area contributed by atoms with Gasteiger partial charge in [-0.1, -0.05) is 97.1 Å². The third-order valence-corrected chi connectivity index (χ3v) is 6.02. The molecule has 0 bridgehead atoms. The lowest BCUT2D eigenvalue weighted by atomic mass is 9.80. The van der Waals surface area contributed by atoms with Crippen LogP contribution in [-0.4, -0.2) is 9.32 Å². The lowest BCUT2D eigenvalue weighted by Crippen LogP contribution is -2.30. The van der Waals surface area contributed by atoms with E-state index < -0.39 is 16.6 Å². The maximum atomic E-state index is 13.2. The summed E-state index contributed by atoms with van der Waals surface area (Å²) in [5.74, 6) is 0. The number of hydrogen-bond donors (Lipinski definition) is 2. The van der Waals surface area contributed by atoms with E-state index >= 15 is 0 Å². The minimum Gasteiger partial charge on any atom is -0.376 e. The van der Waals surface area contributed by atoms with Crippen molar-refractivity contribution in [3.63, 3.8) is 0 Å². The van der Waals surface area contributed by atoms with Gasteiger partial charge in [0.05, 0.1) is 4.90 Å². The Bertz CT molecular complexity index is 1060. The average molecular weight is 400 g/mol. The van der Waals surface area contributed by atoms with Gasteiger partial charge in [-0.25, -0.2) is 4.21 Å². The van der Waals surface area contributed by atoms with Crippen LogP contribution in [0.3, 0.4) is 0 Å². The van der Waals surface area contributed by atoms with Crippen molar-refractivity contribution >= 4 is 16.7 Å². The molecule has 0 spiro atoms. The molecular formula is C25H21NO2S. The van der Waals surface area contributed by atoms with E-state index in [0.29, 0.717) is 10.5 Å². The van der Waals surface area contributed by atoms with Gasteiger partial charge in [0.1, 0.15) is 5.60 Å². The van der Waals surface area contributed by atoms with Crippen LogP contribution in [-0.2, 0) is 16.6 Å². The van der Waals surface area contributed by atoms with Gasteiger partial charge >= 0.3 is 0 Å². The monoisotopic (exact) mass is 399 g/mol. The van der Waals surface area contributed by atoms with Crippen molar-refractivity contribution in [2.75, 3.05) is 4.72 Å². The van der Waals surface area contributed by atoms with Crippen LogP contribution >= 0.6 is 0 Å². The van der Waals surface area contributed by atoms with Crippen LogP contribution in [0.25, 0.3) is 0 Å². The highest BCUT2D eigenvalue weighted by molar-refractivity contribution is 7.86. The van der Waals surface area contributed by atoms with Crippen molar-refractivity contribution in [2.45, 2.75) is 10.5 Å². The predicted molar refractivity (Wildman–Crippen MR) is 118 cm³/mol. The van der Waals surface area contributed by atoms with Gasteiger partial charge in [-0.05, 0) is 29.3 Å². The van der Waals surface area contributed by atoms with Gasteiger partial charge in [-0.3, -0.25) is 0 Å². The molecule has 144 valence electrons. The van der Waals surface area contributed by atoms with E-state index in [1.165, 1.54) is 0 Å². The Labute approximate surface area is 173 Å². The second-order valence-corrected chi connectivity index (χ2v) is 7.86. The van der Waals surface area contributed by atoms with E-state index in [-0.39, 0.29) is 0 Å². The van der Waals surface area contributed by atoms with Gasteiger partial charge in [0.15, 0.2) is 11.0 Å². The summed E-state index contributed by atoms with van der Waals surface area (Å²) in [6.45, 7) is 0. The van der Waals surface area contributed by atoms with E-state index in [4.69, 9.17) is 0 Å². The van der Waals surface area contributed by atoms with Gasteiger partial charge in [-0.15, -0.1) is 0 Å². The van der Waals surface area contributed by atoms with Crippen LogP contribution < -0.4 is 4.72 Å². The summed E-state index contributed by atoms with van der Waals surface area (Å²) in [6.07, 6.45) is 0. The third-order valence-electron chi connectivity index (χ3n) is 4.84. The van der Waals surface area contributed by atoms with Crippen molar-refractivity contribution in [2.24, 2.45) is 0 Å². The number of rotatable bonds is 6. The second-order valence-electron chi connectivity index (χ2n) is 6.68. The van der Waals surface area contributed by atoms with Gasteiger partial charge in [0, 0.05) is 11.3 Å². The Morgan fingerprint density at radius 2 is 1.07 bits per heavy atom. The Balaban J connectivity index is 1.86. The summed E-state index contributed by atoms with van der Waals surface area (Å²) in [5, 5.41) is 12.1. The van der Waals surface area contributed by atoms with E-state index in [0.717, 1.165) is 16.8 Å². The number of benzene rings is 4. The van der Waals surface area contributed by atoms with Crippen LogP contribution in [0.4, 0.5) is 5.69 Å². The van der Waals surface area contributed by atoms with Gasteiger partial charge in [0.25, 0.3) is 0 Å². The first kappa shape index (κ1) is 19.1. The molecule has 1 unspecified atom stereocenters. The molecule has 0 aliphatic heterocycles. The normalized spacial score (nSPS) is 12.3. The molecule has 4 rings (SSSR count). The number of hydrogen-bond acceptors (Lipinski definition) is 2. The van der Waals surface area contributed by atoms with Crippen LogP contribution in [0.5, 0.6) is 0 Å². The molecule has 0 aromatic heterocycles. The summed E-state index contributed by atoms with van der Waals surface area (Å²) >= 11 is 0. The maximum absolute atomic E-state index is 13.2. The van der Waals surface area contributed by atoms with Crippen LogP contribution in [0, 0.1) is 0 Å². The minimum absolute atomic E-state index is 0.534. The molecule has 0 amide bonds. The standard InChI is InChI=1S/C25H21NO2S/c27-25(20-12-4-1-5-13-20,21-14-6-2-7-15-21)23-18-10-11-19-24(23)29(28)26-22-16-8-3-9-17-22/h1-19,26-27H. The second kappa shape index (κ2) is 8.43. The largest absolute Gasteiger partial charge is 0.376 e. The first-order valence-electron chi connectivity index (χ1n) is 9.36. The first-order chi connectivity index (χ1) is 14.2. The molecular weight excluding hydrogens is 378 g/mol. The first-order valence-corrected chi connectivity index (χ1v) is 10.5. The lowest BCUT2D eigenvalue weighted by molar-refractivity contribution is 0.122. The Morgan fingerprint density at radius 3 is 1.62 bits per heavy atom.